The molecule has 1 aliphatic rings. The van der Waals surface area contributed by atoms with Crippen LogP contribution in [0.1, 0.15) is 32.1 Å². The number of aliphatic hydroxyl groups is 1. The smallest absolute Gasteiger partial charge is 0.216 e. The van der Waals surface area contributed by atoms with E-state index < -0.39 is 6.04 Å². The van der Waals surface area contributed by atoms with Crippen molar-refractivity contribution in [3.8, 4) is 0 Å². The number of nitrogens with two attached hydrogens (primary N) is 1. The molecule has 0 aromatic carbocycles. The van der Waals surface area contributed by atoms with E-state index in [0.717, 1.165) is 32.1 Å². The van der Waals surface area contributed by atoms with Crippen LogP contribution in [0, 0.1) is 5.92 Å². The summed E-state index contributed by atoms with van der Waals surface area (Å²) in [5.41, 5.74) is 5.45. The summed E-state index contributed by atoms with van der Waals surface area (Å²) >= 11 is 0. The summed E-state index contributed by atoms with van der Waals surface area (Å²) in [5, 5.41) is 9.21. The van der Waals surface area contributed by atoms with E-state index in [1.165, 1.54) is 0 Å². The van der Waals surface area contributed by atoms with Gasteiger partial charge in [0.15, 0.2) is 0 Å². The third kappa shape index (κ3) is 2.91. The Morgan fingerprint density at radius 1 is 1.42 bits per heavy atom. The van der Waals surface area contributed by atoms with Gasteiger partial charge in [-0.05, 0) is 38.0 Å². The predicted molar refractivity (Wildman–Crippen MR) is 46.3 cm³/mol. The van der Waals surface area contributed by atoms with Crippen molar-refractivity contribution < 1.29 is 9.90 Å². The molecule has 3 nitrogen and oxygen atoms in total. The van der Waals surface area contributed by atoms with Crippen molar-refractivity contribution in [3.63, 3.8) is 0 Å². The normalized spacial score (nSPS) is 32.8. The Bertz CT molecular complexity index is 141. The molecule has 0 aromatic rings. The van der Waals surface area contributed by atoms with Gasteiger partial charge in [-0.3, -0.25) is 4.79 Å². The standard InChI is InChI=1S/C9H16NO2/c10-8(6-11)5-7-1-3-9(12)4-2-7/h7-9,12H,1-5,10H2. The maximum atomic E-state index is 10.1. The van der Waals surface area contributed by atoms with Gasteiger partial charge in [-0.15, -0.1) is 0 Å². The maximum absolute atomic E-state index is 10.1. The minimum Gasteiger partial charge on any atom is -0.393 e. The Hall–Kier alpha value is -0.410. The van der Waals surface area contributed by atoms with Crippen LogP contribution in [0.2, 0.25) is 0 Å². The third-order valence-electron chi connectivity index (χ3n) is 2.55. The highest BCUT2D eigenvalue weighted by Crippen LogP contribution is 2.26. The Kier molecular flexibility index (Phi) is 3.69. The van der Waals surface area contributed by atoms with Gasteiger partial charge >= 0.3 is 0 Å². The molecule has 1 unspecified atom stereocenters. The lowest BCUT2D eigenvalue weighted by atomic mass is 9.84. The minimum absolute atomic E-state index is 0.127. The van der Waals surface area contributed by atoms with Gasteiger partial charge in [0.1, 0.15) is 0 Å². The average Bonchev–Trinajstić information content (AvgIpc) is 2.09. The number of hydrogen-bond acceptors (Lipinski definition) is 3. The summed E-state index contributed by atoms with van der Waals surface area (Å²) in [6, 6.07) is -0.426. The first kappa shape index (κ1) is 9.68. The molecule has 0 heterocycles. The quantitative estimate of drug-likeness (QED) is 0.643. The van der Waals surface area contributed by atoms with Crippen LogP contribution in [-0.4, -0.2) is 23.5 Å². The van der Waals surface area contributed by atoms with Crippen molar-refractivity contribution in [2.45, 2.75) is 44.2 Å². The second-order valence-electron chi connectivity index (χ2n) is 3.63. The van der Waals surface area contributed by atoms with E-state index in [-0.39, 0.29) is 6.10 Å². The van der Waals surface area contributed by atoms with Gasteiger partial charge in [-0.1, -0.05) is 0 Å². The molecule has 0 aromatic heterocycles. The van der Waals surface area contributed by atoms with E-state index in [1.54, 1.807) is 6.29 Å². The predicted octanol–water partition coefficient (Wildman–Crippen LogP) is 0.365. The molecule has 1 fully saturated rings. The second-order valence-corrected chi connectivity index (χ2v) is 3.63. The third-order valence-corrected chi connectivity index (χ3v) is 2.55. The van der Waals surface area contributed by atoms with Gasteiger partial charge in [0.05, 0.1) is 12.1 Å². The minimum atomic E-state index is -0.426. The molecule has 1 saturated carbocycles. The highest BCUT2D eigenvalue weighted by molar-refractivity contribution is 5.57. The summed E-state index contributed by atoms with van der Waals surface area (Å²) in [6.07, 6.45) is 6.10. The van der Waals surface area contributed by atoms with Crippen LogP contribution in [0.3, 0.4) is 0 Å². The van der Waals surface area contributed by atoms with E-state index in [1.807, 2.05) is 0 Å². The Morgan fingerprint density at radius 2 is 2.00 bits per heavy atom. The molecule has 3 heteroatoms. The molecule has 1 rings (SSSR count). The van der Waals surface area contributed by atoms with E-state index in [2.05, 4.69) is 0 Å². The second kappa shape index (κ2) is 4.58. The SMILES string of the molecule is NC([C]=O)CC1CCC(O)CC1. The van der Waals surface area contributed by atoms with Crippen LogP contribution in [0.5, 0.6) is 0 Å². The van der Waals surface area contributed by atoms with Crippen molar-refractivity contribution in [1.29, 1.82) is 0 Å². The zero-order chi connectivity index (χ0) is 8.97. The van der Waals surface area contributed by atoms with Gasteiger partial charge in [-0.25, -0.2) is 0 Å². The summed E-state index contributed by atoms with van der Waals surface area (Å²) in [4.78, 5) is 10.1. The molecule has 1 radical (unpaired) electrons. The highest BCUT2D eigenvalue weighted by atomic mass is 16.3. The summed E-state index contributed by atoms with van der Waals surface area (Å²) < 4.78 is 0. The fraction of sp³-hybridized carbons (Fsp3) is 0.889. The van der Waals surface area contributed by atoms with Crippen molar-refractivity contribution in [1.82, 2.24) is 0 Å². The topological polar surface area (TPSA) is 63.3 Å². The lowest BCUT2D eigenvalue weighted by molar-refractivity contribution is 0.106. The van der Waals surface area contributed by atoms with Crippen LogP contribution in [0.4, 0.5) is 0 Å². The molecule has 1 aliphatic carbocycles. The van der Waals surface area contributed by atoms with Crippen molar-refractivity contribution in [3.05, 3.63) is 0 Å². The first-order chi connectivity index (χ1) is 5.72. The summed E-state index contributed by atoms with van der Waals surface area (Å²) in [5.74, 6) is 0.518. The van der Waals surface area contributed by atoms with Gasteiger partial charge < -0.3 is 10.8 Å². The van der Waals surface area contributed by atoms with E-state index in [4.69, 9.17) is 5.73 Å². The molecule has 0 bridgehead atoms. The van der Waals surface area contributed by atoms with Crippen LogP contribution < -0.4 is 5.73 Å². The van der Waals surface area contributed by atoms with E-state index in [0.29, 0.717) is 5.92 Å². The van der Waals surface area contributed by atoms with Crippen molar-refractivity contribution in [2.24, 2.45) is 11.7 Å². The molecule has 12 heavy (non-hydrogen) atoms. The average molecular weight is 170 g/mol. The Labute approximate surface area is 72.9 Å². The summed E-state index contributed by atoms with van der Waals surface area (Å²) in [7, 11) is 0. The van der Waals surface area contributed by atoms with Gasteiger partial charge in [0.25, 0.3) is 0 Å². The molecule has 0 aliphatic heterocycles. The van der Waals surface area contributed by atoms with Crippen LogP contribution in [0.25, 0.3) is 0 Å². The first-order valence-corrected chi connectivity index (χ1v) is 4.53. The molecule has 3 N–H and O–H groups in total. The lowest BCUT2D eigenvalue weighted by Gasteiger charge is -2.25. The molecular formula is C9H16NO2. The van der Waals surface area contributed by atoms with E-state index in [9.17, 15) is 9.90 Å². The fourth-order valence-corrected chi connectivity index (χ4v) is 1.79. The van der Waals surface area contributed by atoms with Crippen LogP contribution >= 0.6 is 0 Å². The molecule has 1 atom stereocenters. The number of aliphatic hydroxyl groups excluding tert-OH is 1. The van der Waals surface area contributed by atoms with Gasteiger partial charge in [0, 0.05) is 0 Å². The zero-order valence-electron chi connectivity index (χ0n) is 7.20. The Balaban J connectivity index is 2.21. The largest absolute Gasteiger partial charge is 0.393 e. The van der Waals surface area contributed by atoms with E-state index >= 15 is 0 Å². The van der Waals surface area contributed by atoms with Crippen molar-refractivity contribution in [2.75, 3.05) is 0 Å². The number of carbonyl (C=O) groups excluding carboxylic acids is 1. The first-order valence-electron chi connectivity index (χ1n) is 4.53. The molecule has 0 amide bonds. The fourth-order valence-electron chi connectivity index (χ4n) is 1.79. The van der Waals surface area contributed by atoms with Gasteiger partial charge in [-0.2, -0.15) is 0 Å². The molecule has 69 valence electrons. The number of rotatable bonds is 3. The lowest BCUT2D eigenvalue weighted by Crippen LogP contribution is -2.28. The highest BCUT2D eigenvalue weighted by Gasteiger charge is 2.21. The number of hydrogen-bond donors (Lipinski definition) is 2. The molecular weight excluding hydrogens is 154 g/mol. The zero-order valence-corrected chi connectivity index (χ0v) is 7.20. The Morgan fingerprint density at radius 3 is 2.50 bits per heavy atom. The maximum Gasteiger partial charge on any atom is 0.216 e. The van der Waals surface area contributed by atoms with Gasteiger partial charge in [0.2, 0.25) is 6.29 Å². The monoisotopic (exact) mass is 170 g/mol. The summed E-state index contributed by atoms with van der Waals surface area (Å²) in [6.45, 7) is 0. The molecule has 0 spiro atoms. The van der Waals surface area contributed by atoms with Crippen LogP contribution in [0.15, 0.2) is 0 Å². The van der Waals surface area contributed by atoms with Crippen molar-refractivity contribution >= 4 is 6.29 Å². The van der Waals surface area contributed by atoms with Crippen LogP contribution in [-0.2, 0) is 4.79 Å². The molecule has 0 saturated heterocycles.